The molecule has 6 heteroatoms. The van der Waals surface area contributed by atoms with Crippen LogP contribution in [-0.4, -0.2) is 18.0 Å². The van der Waals surface area contributed by atoms with Gasteiger partial charge in [0.2, 0.25) is 0 Å². The zero-order valence-electron chi connectivity index (χ0n) is 11.0. The lowest BCUT2D eigenvalue weighted by molar-refractivity contribution is 0.320. The monoisotopic (exact) mass is 364 g/mol. The van der Waals surface area contributed by atoms with Crippen molar-refractivity contribution in [2.75, 3.05) is 7.11 Å². The normalized spacial score (nSPS) is 18.7. The van der Waals surface area contributed by atoms with Crippen molar-refractivity contribution in [2.45, 2.75) is 0 Å². The first kappa shape index (κ1) is 15.4. The molecule has 1 N–H and O–H groups in total. The van der Waals surface area contributed by atoms with Crippen LogP contribution in [0.25, 0.3) is 5.57 Å². The Morgan fingerprint density at radius 2 is 2.00 bits per heavy atom. The van der Waals surface area contributed by atoms with Gasteiger partial charge in [0.1, 0.15) is 17.5 Å². The van der Waals surface area contributed by atoms with E-state index in [9.17, 15) is 5.26 Å². The van der Waals surface area contributed by atoms with Crippen molar-refractivity contribution in [3.8, 4) is 11.8 Å². The maximum absolute atomic E-state index is 9.44. The van der Waals surface area contributed by atoms with E-state index < -0.39 is 0 Å². The zero-order chi connectivity index (χ0) is 15.4. The van der Waals surface area contributed by atoms with Gasteiger partial charge in [-0.3, -0.25) is 0 Å². The highest BCUT2D eigenvalue weighted by molar-refractivity contribution is 9.12. The second kappa shape index (κ2) is 6.61. The Morgan fingerprint density at radius 3 is 2.52 bits per heavy atom. The number of benzene rings is 1. The standard InChI is InChI=1S/C15H10BrClN2O2/c1-21-10-4-2-9(3-5-10)12(8-18)11-6-13(16)15(19-20)7-14(11)17/h2-7,20H,1H3/b12-11-,19-15-. The molecule has 0 saturated carbocycles. The summed E-state index contributed by atoms with van der Waals surface area (Å²) in [6.45, 7) is 0. The second-order valence-corrected chi connectivity index (χ2v) is 5.36. The predicted molar refractivity (Wildman–Crippen MR) is 85.7 cm³/mol. The van der Waals surface area contributed by atoms with Crippen LogP contribution >= 0.6 is 27.5 Å². The lowest BCUT2D eigenvalue weighted by Crippen LogP contribution is -2.03. The van der Waals surface area contributed by atoms with Crippen molar-refractivity contribution in [3.63, 3.8) is 0 Å². The van der Waals surface area contributed by atoms with Crippen molar-refractivity contribution in [2.24, 2.45) is 5.16 Å². The van der Waals surface area contributed by atoms with Gasteiger partial charge in [-0.25, -0.2) is 0 Å². The lowest BCUT2D eigenvalue weighted by atomic mass is 9.97. The van der Waals surface area contributed by atoms with Crippen molar-refractivity contribution in [1.82, 2.24) is 0 Å². The molecule has 1 aliphatic rings. The Kier molecular flexibility index (Phi) is 4.84. The van der Waals surface area contributed by atoms with E-state index >= 15 is 0 Å². The van der Waals surface area contributed by atoms with E-state index in [1.165, 1.54) is 6.08 Å². The SMILES string of the molecule is COc1ccc(/C(C#N)=C2C=C(Br)/C(=N\O)C=C/2Cl)cc1. The summed E-state index contributed by atoms with van der Waals surface area (Å²) >= 11 is 9.45. The van der Waals surface area contributed by atoms with Gasteiger partial charge in [0, 0.05) is 10.1 Å². The minimum Gasteiger partial charge on any atom is -0.497 e. The number of nitriles is 1. The smallest absolute Gasteiger partial charge is 0.118 e. The molecule has 0 saturated heterocycles. The van der Waals surface area contributed by atoms with E-state index in [2.05, 4.69) is 27.2 Å². The largest absolute Gasteiger partial charge is 0.497 e. The molecule has 0 amide bonds. The van der Waals surface area contributed by atoms with E-state index in [-0.39, 0.29) is 0 Å². The molecule has 0 aromatic heterocycles. The van der Waals surface area contributed by atoms with Gasteiger partial charge >= 0.3 is 0 Å². The third kappa shape index (κ3) is 3.18. The summed E-state index contributed by atoms with van der Waals surface area (Å²) in [5.74, 6) is 0.706. The van der Waals surface area contributed by atoms with Gasteiger partial charge in [-0.1, -0.05) is 16.8 Å². The van der Waals surface area contributed by atoms with Crippen molar-refractivity contribution in [1.29, 1.82) is 5.26 Å². The van der Waals surface area contributed by atoms with Crippen LogP contribution in [0.2, 0.25) is 0 Å². The maximum Gasteiger partial charge on any atom is 0.118 e. The number of hydrogen-bond donors (Lipinski definition) is 1. The number of oxime groups is 1. The van der Waals surface area contributed by atoms with Crippen LogP contribution in [0.4, 0.5) is 0 Å². The third-order valence-electron chi connectivity index (χ3n) is 2.90. The van der Waals surface area contributed by atoms with Crippen LogP contribution < -0.4 is 4.74 Å². The second-order valence-electron chi connectivity index (χ2n) is 4.10. The number of methoxy groups -OCH3 is 1. The number of ether oxygens (including phenoxy) is 1. The minimum absolute atomic E-state index is 0.302. The average molecular weight is 366 g/mol. The molecule has 0 atom stereocenters. The Labute approximate surface area is 135 Å². The Balaban J connectivity index is 2.56. The molecule has 1 aliphatic carbocycles. The average Bonchev–Trinajstić information content (AvgIpc) is 2.51. The van der Waals surface area contributed by atoms with Gasteiger partial charge in [-0.2, -0.15) is 5.26 Å². The zero-order valence-corrected chi connectivity index (χ0v) is 13.3. The van der Waals surface area contributed by atoms with Gasteiger partial charge in [0.15, 0.2) is 0 Å². The summed E-state index contributed by atoms with van der Waals surface area (Å²) in [7, 11) is 1.58. The Hall–Kier alpha value is -2.03. The fourth-order valence-electron chi connectivity index (χ4n) is 1.84. The fraction of sp³-hybridized carbons (Fsp3) is 0.0667. The Morgan fingerprint density at radius 1 is 1.33 bits per heavy atom. The molecule has 0 heterocycles. The molecule has 0 radical (unpaired) electrons. The van der Waals surface area contributed by atoms with Crippen LogP contribution in [-0.2, 0) is 0 Å². The maximum atomic E-state index is 9.44. The van der Waals surface area contributed by atoms with Crippen molar-refractivity contribution >= 4 is 38.8 Å². The summed E-state index contributed by atoms with van der Waals surface area (Å²) in [6, 6.07) is 9.26. The van der Waals surface area contributed by atoms with E-state index in [0.29, 0.717) is 32.1 Å². The summed E-state index contributed by atoms with van der Waals surface area (Å²) in [4.78, 5) is 0. The molecule has 106 valence electrons. The molecule has 0 aliphatic heterocycles. The molecule has 0 unspecified atom stereocenters. The number of nitrogens with zero attached hydrogens (tertiary/aromatic N) is 2. The summed E-state index contributed by atoms with van der Waals surface area (Å²) in [6.07, 6.45) is 3.14. The van der Waals surface area contributed by atoms with Gasteiger partial charge in [-0.15, -0.1) is 0 Å². The molecule has 1 aromatic carbocycles. The molecule has 1 aromatic rings. The molecular weight excluding hydrogens is 356 g/mol. The van der Waals surface area contributed by atoms with Crippen molar-refractivity contribution in [3.05, 3.63) is 57.1 Å². The van der Waals surface area contributed by atoms with Gasteiger partial charge in [0.25, 0.3) is 0 Å². The highest BCUT2D eigenvalue weighted by atomic mass is 79.9. The molecule has 0 spiro atoms. The van der Waals surface area contributed by atoms with Crippen LogP contribution in [0, 0.1) is 11.3 Å². The summed E-state index contributed by atoms with van der Waals surface area (Å²) < 4.78 is 5.64. The molecule has 21 heavy (non-hydrogen) atoms. The van der Waals surface area contributed by atoms with Gasteiger partial charge < -0.3 is 9.94 Å². The number of allylic oxidation sites excluding steroid dienone is 6. The topological polar surface area (TPSA) is 65.6 Å². The highest BCUT2D eigenvalue weighted by Gasteiger charge is 2.18. The molecule has 0 fully saturated rings. The van der Waals surface area contributed by atoms with E-state index in [4.69, 9.17) is 21.5 Å². The van der Waals surface area contributed by atoms with Crippen molar-refractivity contribution < 1.29 is 9.94 Å². The van der Waals surface area contributed by atoms with Crippen LogP contribution in [0.5, 0.6) is 5.75 Å². The fourth-order valence-corrected chi connectivity index (χ4v) is 2.52. The number of rotatable bonds is 2. The third-order valence-corrected chi connectivity index (χ3v) is 3.85. The quantitative estimate of drug-likeness (QED) is 0.485. The lowest BCUT2D eigenvalue weighted by Gasteiger charge is -2.12. The first-order valence-corrected chi connectivity index (χ1v) is 7.03. The minimum atomic E-state index is 0.302. The Bertz CT molecular complexity index is 725. The van der Waals surface area contributed by atoms with Gasteiger partial charge in [0.05, 0.1) is 17.7 Å². The first-order chi connectivity index (χ1) is 10.1. The van der Waals surface area contributed by atoms with Crippen LogP contribution in [0.1, 0.15) is 5.56 Å². The van der Waals surface area contributed by atoms with E-state index in [1.54, 1.807) is 37.5 Å². The molecular formula is C15H10BrClN2O2. The van der Waals surface area contributed by atoms with Gasteiger partial charge in [-0.05, 0) is 57.9 Å². The number of hydrogen-bond acceptors (Lipinski definition) is 4. The first-order valence-electron chi connectivity index (χ1n) is 5.86. The number of halogens is 2. The predicted octanol–water partition coefficient (Wildman–Crippen LogP) is 4.22. The highest BCUT2D eigenvalue weighted by Crippen LogP contribution is 2.33. The molecule has 4 nitrogen and oxygen atoms in total. The van der Waals surface area contributed by atoms with E-state index in [0.717, 1.165) is 5.56 Å². The molecule has 2 rings (SSSR count). The summed E-state index contributed by atoms with van der Waals surface area (Å²) in [5.41, 5.74) is 2.01. The summed E-state index contributed by atoms with van der Waals surface area (Å²) in [5, 5.41) is 21.7. The molecule has 0 bridgehead atoms. The van der Waals surface area contributed by atoms with E-state index in [1.807, 2.05) is 0 Å². The van der Waals surface area contributed by atoms with Crippen LogP contribution in [0.3, 0.4) is 0 Å². The van der Waals surface area contributed by atoms with Crippen LogP contribution in [0.15, 0.2) is 56.7 Å².